The van der Waals surface area contributed by atoms with Gasteiger partial charge in [-0.25, -0.2) is 0 Å². The van der Waals surface area contributed by atoms with Gasteiger partial charge in [-0.2, -0.15) is 0 Å². The highest BCUT2D eigenvalue weighted by Crippen LogP contribution is 2.28. The Kier molecular flexibility index (Phi) is 7.53. The summed E-state index contributed by atoms with van der Waals surface area (Å²) in [6.07, 6.45) is 4.50. The van der Waals surface area contributed by atoms with E-state index in [1.807, 2.05) is 6.20 Å². The van der Waals surface area contributed by atoms with Crippen LogP contribution in [-0.2, 0) is 0 Å². The minimum atomic E-state index is 0. The fourth-order valence-corrected chi connectivity index (χ4v) is 3.10. The second kappa shape index (κ2) is 8.64. The van der Waals surface area contributed by atoms with Gasteiger partial charge in [0, 0.05) is 43.9 Å². The molecular weight excluding hydrogens is 305 g/mol. The Balaban J connectivity index is 0.00000110. The third-order valence-corrected chi connectivity index (χ3v) is 4.12. The quantitative estimate of drug-likeness (QED) is 0.894. The number of aromatic amines is 1. The molecule has 0 amide bonds. The number of benzene rings is 1. The average Bonchev–Trinajstić information content (AvgIpc) is 2.93. The van der Waals surface area contributed by atoms with Crippen LogP contribution in [-0.4, -0.2) is 36.1 Å². The summed E-state index contributed by atoms with van der Waals surface area (Å²) in [6.45, 7) is 6.83. The molecule has 1 saturated heterocycles. The summed E-state index contributed by atoms with van der Waals surface area (Å²) in [5.74, 6) is 0. The predicted molar refractivity (Wildman–Crippen MR) is 94.9 cm³/mol. The van der Waals surface area contributed by atoms with Gasteiger partial charge in [0.05, 0.1) is 0 Å². The van der Waals surface area contributed by atoms with E-state index in [1.54, 1.807) is 0 Å². The molecule has 0 saturated carbocycles. The highest BCUT2D eigenvalue weighted by molar-refractivity contribution is 5.85. The van der Waals surface area contributed by atoms with E-state index in [2.05, 4.69) is 46.4 Å². The van der Waals surface area contributed by atoms with Crippen LogP contribution in [0.2, 0.25) is 0 Å². The van der Waals surface area contributed by atoms with Crippen LogP contribution >= 0.6 is 24.8 Å². The molecule has 118 valence electrons. The second-order valence-electron chi connectivity index (χ2n) is 5.41. The highest BCUT2D eigenvalue weighted by atomic mass is 35.5. The molecule has 0 bridgehead atoms. The fourth-order valence-electron chi connectivity index (χ4n) is 3.10. The van der Waals surface area contributed by atoms with Crippen molar-refractivity contribution in [3.05, 3.63) is 36.0 Å². The van der Waals surface area contributed by atoms with Crippen molar-refractivity contribution >= 4 is 35.7 Å². The molecule has 1 aliphatic heterocycles. The molecule has 0 spiro atoms. The minimum Gasteiger partial charge on any atom is -0.361 e. The zero-order valence-electron chi connectivity index (χ0n) is 12.5. The predicted octanol–water partition coefficient (Wildman–Crippen LogP) is 3.76. The number of aromatic nitrogens is 1. The lowest BCUT2D eigenvalue weighted by atomic mass is 9.99. The summed E-state index contributed by atoms with van der Waals surface area (Å²) < 4.78 is 0. The van der Waals surface area contributed by atoms with Crippen LogP contribution < -0.4 is 5.32 Å². The summed E-state index contributed by atoms with van der Waals surface area (Å²) in [5, 5.41) is 4.75. The van der Waals surface area contributed by atoms with Gasteiger partial charge in [0.25, 0.3) is 0 Å². The van der Waals surface area contributed by atoms with Gasteiger partial charge in [0.2, 0.25) is 0 Å². The normalized spacial score (nSPS) is 17.0. The molecule has 1 fully saturated rings. The SMILES string of the molecule is CCC[C@H](c1ccc2cc[nH]c2c1)N1CCNCC1.Cl.Cl. The number of rotatable bonds is 4. The maximum atomic E-state index is 3.44. The van der Waals surface area contributed by atoms with Gasteiger partial charge in [-0.15, -0.1) is 24.8 Å². The van der Waals surface area contributed by atoms with E-state index in [4.69, 9.17) is 0 Å². The molecule has 3 nitrogen and oxygen atoms in total. The maximum Gasteiger partial charge on any atom is 0.0457 e. The molecule has 2 aromatic rings. The summed E-state index contributed by atoms with van der Waals surface area (Å²) in [5.41, 5.74) is 2.72. The van der Waals surface area contributed by atoms with E-state index < -0.39 is 0 Å². The van der Waals surface area contributed by atoms with Crippen molar-refractivity contribution in [2.45, 2.75) is 25.8 Å². The van der Waals surface area contributed by atoms with Crippen LogP contribution in [0.3, 0.4) is 0 Å². The summed E-state index contributed by atoms with van der Waals surface area (Å²) in [7, 11) is 0. The Morgan fingerprint density at radius 3 is 2.62 bits per heavy atom. The number of halogens is 2. The van der Waals surface area contributed by atoms with E-state index in [9.17, 15) is 0 Å². The first kappa shape index (κ1) is 18.3. The first-order valence-corrected chi connectivity index (χ1v) is 7.40. The molecule has 0 radical (unpaired) electrons. The van der Waals surface area contributed by atoms with Crippen molar-refractivity contribution in [2.24, 2.45) is 0 Å². The molecule has 0 unspecified atom stereocenters. The number of piperazine rings is 1. The lowest BCUT2D eigenvalue weighted by molar-refractivity contribution is 0.165. The Labute approximate surface area is 139 Å². The van der Waals surface area contributed by atoms with Crippen LogP contribution in [0.25, 0.3) is 10.9 Å². The third-order valence-electron chi connectivity index (χ3n) is 4.12. The van der Waals surface area contributed by atoms with Gasteiger partial charge in [-0.3, -0.25) is 4.90 Å². The van der Waals surface area contributed by atoms with Crippen molar-refractivity contribution in [1.82, 2.24) is 15.2 Å². The van der Waals surface area contributed by atoms with Gasteiger partial charge < -0.3 is 10.3 Å². The summed E-state index contributed by atoms with van der Waals surface area (Å²) >= 11 is 0. The van der Waals surface area contributed by atoms with Crippen LogP contribution in [0, 0.1) is 0 Å². The zero-order valence-corrected chi connectivity index (χ0v) is 14.1. The second-order valence-corrected chi connectivity index (χ2v) is 5.41. The Morgan fingerprint density at radius 1 is 1.14 bits per heavy atom. The van der Waals surface area contributed by atoms with E-state index in [-0.39, 0.29) is 24.8 Å². The van der Waals surface area contributed by atoms with E-state index in [1.165, 1.54) is 29.3 Å². The number of nitrogens with zero attached hydrogens (tertiary/aromatic N) is 1. The molecule has 2 heterocycles. The molecule has 1 atom stereocenters. The van der Waals surface area contributed by atoms with E-state index in [0.717, 1.165) is 26.2 Å². The van der Waals surface area contributed by atoms with Crippen molar-refractivity contribution < 1.29 is 0 Å². The number of hydrogen-bond donors (Lipinski definition) is 2. The van der Waals surface area contributed by atoms with Crippen LogP contribution in [0.1, 0.15) is 31.4 Å². The molecule has 1 aliphatic rings. The monoisotopic (exact) mass is 329 g/mol. The first-order valence-electron chi connectivity index (χ1n) is 7.40. The van der Waals surface area contributed by atoms with Crippen molar-refractivity contribution in [1.29, 1.82) is 0 Å². The number of hydrogen-bond acceptors (Lipinski definition) is 2. The molecule has 5 heteroatoms. The van der Waals surface area contributed by atoms with Gasteiger partial charge in [-0.1, -0.05) is 25.5 Å². The van der Waals surface area contributed by atoms with Crippen molar-refractivity contribution in [3.8, 4) is 0 Å². The lowest BCUT2D eigenvalue weighted by Crippen LogP contribution is -2.45. The minimum absolute atomic E-state index is 0. The Morgan fingerprint density at radius 2 is 1.90 bits per heavy atom. The lowest BCUT2D eigenvalue weighted by Gasteiger charge is -2.35. The molecule has 1 aromatic heterocycles. The van der Waals surface area contributed by atoms with Gasteiger partial charge in [0.1, 0.15) is 0 Å². The average molecular weight is 330 g/mol. The highest BCUT2D eigenvalue weighted by Gasteiger charge is 2.21. The number of fused-ring (bicyclic) bond motifs is 1. The molecule has 21 heavy (non-hydrogen) atoms. The van der Waals surface area contributed by atoms with E-state index in [0.29, 0.717) is 6.04 Å². The molecule has 2 N–H and O–H groups in total. The molecule has 0 aliphatic carbocycles. The van der Waals surface area contributed by atoms with Crippen LogP contribution in [0.5, 0.6) is 0 Å². The van der Waals surface area contributed by atoms with Gasteiger partial charge in [-0.05, 0) is 29.5 Å². The molecule has 1 aromatic carbocycles. The standard InChI is InChI=1S/C16H23N3.2ClH/c1-2-3-16(19-10-8-17-9-11-19)14-5-4-13-6-7-18-15(13)12-14;;/h4-7,12,16-18H,2-3,8-11H2,1H3;2*1H/t16-;;/m1../s1. The summed E-state index contributed by atoms with van der Waals surface area (Å²) in [4.78, 5) is 5.96. The Bertz CT molecular complexity index is 535. The Hall–Kier alpha value is -0.740. The number of H-pyrrole nitrogens is 1. The molecular formula is C16H25Cl2N3. The van der Waals surface area contributed by atoms with Gasteiger partial charge in [0.15, 0.2) is 0 Å². The van der Waals surface area contributed by atoms with Crippen molar-refractivity contribution in [2.75, 3.05) is 26.2 Å². The zero-order chi connectivity index (χ0) is 13.1. The first-order chi connectivity index (χ1) is 9.38. The topological polar surface area (TPSA) is 31.1 Å². The van der Waals surface area contributed by atoms with Gasteiger partial charge >= 0.3 is 0 Å². The smallest absolute Gasteiger partial charge is 0.0457 e. The van der Waals surface area contributed by atoms with Crippen LogP contribution in [0.4, 0.5) is 0 Å². The van der Waals surface area contributed by atoms with E-state index >= 15 is 0 Å². The summed E-state index contributed by atoms with van der Waals surface area (Å²) in [6, 6.07) is 9.58. The third kappa shape index (κ3) is 4.13. The largest absolute Gasteiger partial charge is 0.361 e. The number of nitrogens with one attached hydrogen (secondary N) is 2. The van der Waals surface area contributed by atoms with Crippen LogP contribution in [0.15, 0.2) is 30.5 Å². The van der Waals surface area contributed by atoms with Crippen molar-refractivity contribution in [3.63, 3.8) is 0 Å². The fraction of sp³-hybridized carbons (Fsp3) is 0.500. The maximum absolute atomic E-state index is 3.44. The molecule has 3 rings (SSSR count).